The summed E-state index contributed by atoms with van der Waals surface area (Å²) in [7, 11) is 3.14. The van der Waals surface area contributed by atoms with Crippen molar-refractivity contribution in [1.82, 2.24) is 9.97 Å². The molecule has 5 heteroatoms. The van der Waals surface area contributed by atoms with E-state index in [0.717, 1.165) is 0 Å². The third-order valence-electron chi connectivity index (χ3n) is 1.79. The lowest BCUT2D eigenvalue weighted by Gasteiger charge is -2.14. The zero-order valence-corrected chi connectivity index (χ0v) is 8.73. The first-order valence-electron chi connectivity index (χ1n) is 4.38. The molecule has 0 aliphatic rings. The van der Waals surface area contributed by atoms with E-state index in [9.17, 15) is 0 Å². The first kappa shape index (κ1) is 11.4. The molecule has 0 saturated carbocycles. The summed E-state index contributed by atoms with van der Waals surface area (Å²) in [6.45, 7) is 0.494. The van der Waals surface area contributed by atoms with Gasteiger partial charge in [0.05, 0.1) is 6.54 Å². The van der Waals surface area contributed by atoms with Crippen LogP contribution in [-0.2, 0) is 9.47 Å². The van der Waals surface area contributed by atoms with Crippen LogP contribution in [0.5, 0.6) is 0 Å². The summed E-state index contributed by atoms with van der Waals surface area (Å²) in [5.41, 5.74) is 0.541. The van der Waals surface area contributed by atoms with Crippen LogP contribution in [0.15, 0.2) is 12.4 Å². The SMILES string of the molecule is C#Cc1cc(NCC(OC)OC)ncn1. The van der Waals surface area contributed by atoms with Crippen molar-refractivity contribution in [3.8, 4) is 12.3 Å². The number of nitrogens with one attached hydrogen (secondary N) is 1. The van der Waals surface area contributed by atoms with Crippen molar-refractivity contribution >= 4 is 5.82 Å². The molecule has 80 valence electrons. The summed E-state index contributed by atoms with van der Waals surface area (Å²) in [5, 5.41) is 3.02. The molecule has 0 aromatic carbocycles. The molecule has 1 aromatic heterocycles. The van der Waals surface area contributed by atoms with Gasteiger partial charge in [-0.3, -0.25) is 0 Å². The minimum Gasteiger partial charge on any atom is -0.365 e. The maximum absolute atomic E-state index is 5.21. The Balaban J connectivity index is 2.54. The van der Waals surface area contributed by atoms with Crippen molar-refractivity contribution in [2.24, 2.45) is 0 Å². The van der Waals surface area contributed by atoms with Crippen LogP contribution in [0, 0.1) is 12.3 Å². The van der Waals surface area contributed by atoms with Crippen LogP contribution in [-0.4, -0.2) is 37.0 Å². The molecule has 0 aliphatic carbocycles. The lowest BCUT2D eigenvalue weighted by atomic mass is 10.4. The van der Waals surface area contributed by atoms with Crippen LogP contribution in [0.25, 0.3) is 0 Å². The summed E-state index contributed by atoms with van der Waals surface area (Å²) >= 11 is 0. The molecule has 1 aromatic rings. The number of anilines is 1. The van der Waals surface area contributed by atoms with Gasteiger partial charge in [0.1, 0.15) is 17.8 Å². The van der Waals surface area contributed by atoms with Gasteiger partial charge >= 0.3 is 0 Å². The number of ether oxygens (including phenoxy) is 2. The highest BCUT2D eigenvalue weighted by molar-refractivity contribution is 5.39. The average molecular weight is 207 g/mol. The summed E-state index contributed by atoms with van der Waals surface area (Å²) in [6.07, 6.45) is 6.31. The van der Waals surface area contributed by atoms with Gasteiger partial charge in [0.2, 0.25) is 0 Å². The Kier molecular flexibility index (Phi) is 4.54. The van der Waals surface area contributed by atoms with E-state index >= 15 is 0 Å². The fraction of sp³-hybridized carbons (Fsp3) is 0.400. The quantitative estimate of drug-likeness (QED) is 0.562. The Labute approximate surface area is 88.8 Å². The van der Waals surface area contributed by atoms with Gasteiger partial charge in [-0.15, -0.1) is 6.42 Å². The molecule has 0 amide bonds. The lowest BCUT2D eigenvalue weighted by Crippen LogP contribution is -2.24. The summed E-state index contributed by atoms with van der Waals surface area (Å²) < 4.78 is 10.0. The second-order valence-corrected chi connectivity index (χ2v) is 2.71. The Morgan fingerprint density at radius 3 is 2.80 bits per heavy atom. The van der Waals surface area contributed by atoms with Crippen molar-refractivity contribution in [3.05, 3.63) is 18.1 Å². The van der Waals surface area contributed by atoms with Gasteiger partial charge in [-0.2, -0.15) is 0 Å². The summed E-state index contributed by atoms with van der Waals surface area (Å²) in [6, 6.07) is 1.68. The lowest BCUT2D eigenvalue weighted by molar-refractivity contribution is -0.0914. The predicted octanol–water partition coefficient (Wildman–Crippen LogP) is 0.489. The van der Waals surface area contributed by atoms with Crippen LogP contribution < -0.4 is 5.32 Å². The standard InChI is InChI=1S/C10H13N3O2/c1-4-8-5-9(13-7-12-8)11-6-10(14-2)15-3/h1,5,7,10H,6H2,2-3H3,(H,11,12,13). The molecule has 1 N–H and O–H groups in total. The number of hydrogen-bond acceptors (Lipinski definition) is 5. The van der Waals surface area contributed by atoms with E-state index in [0.29, 0.717) is 18.1 Å². The Morgan fingerprint density at radius 1 is 1.47 bits per heavy atom. The second-order valence-electron chi connectivity index (χ2n) is 2.71. The molecular formula is C10H13N3O2. The highest BCUT2D eigenvalue weighted by atomic mass is 16.7. The molecule has 0 bridgehead atoms. The first-order valence-corrected chi connectivity index (χ1v) is 4.38. The highest BCUT2D eigenvalue weighted by Gasteiger charge is 2.04. The van der Waals surface area contributed by atoms with Crippen LogP contribution in [0.3, 0.4) is 0 Å². The van der Waals surface area contributed by atoms with Crippen molar-refractivity contribution in [2.75, 3.05) is 26.1 Å². The molecular weight excluding hydrogens is 194 g/mol. The van der Waals surface area contributed by atoms with Gasteiger partial charge < -0.3 is 14.8 Å². The largest absolute Gasteiger partial charge is 0.365 e. The zero-order chi connectivity index (χ0) is 11.1. The average Bonchev–Trinajstić information content (AvgIpc) is 2.31. The monoisotopic (exact) mass is 207 g/mol. The predicted molar refractivity (Wildman–Crippen MR) is 56.3 cm³/mol. The van der Waals surface area contributed by atoms with Crippen molar-refractivity contribution < 1.29 is 9.47 Å². The minimum absolute atomic E-state index is 0.311. The molecule has 1 heterocycles. The first-order chi connectivity index (χ1) is 7.30. The summed E-state index contributed by atoms with van der Waals surface area (Å²) in [4.78, 5) is 7.87. The number of aromatic nitrogens is 2. The molecule has 0 spiro atoms. The molecule has 5 nitrogen and oxygen atoms in total. The molecule has 15 heavy (non-hydrogen) atoms. The Bertz CT molecular complexity index is 345. The fourth-order valence-corrected chi connectivity index (χ4v) is 0.984. The molecule has 0 aliphatic heterocycles. The van der Waals surface area contributed by atoms with E-state index in [2.05, 4.69) is 21.2 Å². The van der Waals surface area contributed by atoms with Crippen LogP contribution >= 0.6 is 0 Å². The number of methoxy groups -OCH3 is 2. The third kappa shape index (κ3) is 3.54. The maximum Gasteiger partial charge on any atom is 0.173 e. The number of nitrogens with zero attached hydrogens (tertiary/aromatic N) is 2. The number of terminal acetylenes is 1. The van der Waals surface area contributed by atoms with Crippen LogP contribution in [0.2, 0.25) is 0 Å². The Hall–Kier alpha value is -1.64. The molecule has 0 unspecified atom stereocenters. The normalized spacial score (nSPS) is 10.0. The van der Waals surface area contributed by atoms with Gasteiger partial charge in [0.25, 0.3) is 0 Å². The topological polar surface area (TPSA) is 56.3 Å². The zero-order valence-electron chi connectivity index (χ0n) is 8.73. The van der Waals surface area contributed by atoms with Gasteiger partial charge in [-0.25, -0.2) is 9.97 Å². The number of hydrogen-bond donors (Lipinski definition) is 1. The van der Waals surface area contributed by atoms with Gasteiger partial charge in [-0.1, -0.05) is 5.92 Å². The smallest absolute Gasteiger partial charge is 0.173 e. The van der Waals surface area contributed by atoms with Gasteiger partial charge in [0.15, 0.2) is 6.29 Å². The van der Waals surface area contributed by atoms with E-state index in [4.69, 9.17) is 15.9 Å². The maximum atomic E-state index is 5.21. The van der Waals surface area contributed by atoms with E-state index in [1.165, 1.54) is 6.33 Å². The van der Waals surface area contributed by atoms with Crippen molar-refractivity contribution in [2.45, 2.75) is 6.29 Å². The molecule has 0 fully saturated rings. The van der Waals surface area contributed by atoms with E-state index < -0.39 is 0 Å². The Morgan fingerprint density at radius 2 is 2.20 bits per heavy atom. The van der Waals surface area contributed by atoms with E-state index in [-0.39, 0.29) is 6.29 Å². The molecule has 0 saturated heterocycles. The third-order valence-corrected chi connectivity index (χ3v) is 1.79. The molecule has 0 atom stereocenters. The van der Waals surface area contributed by atoms with Crippen LogP contribution in [0.1, 0.15) is 5.69 Å². The van der Waals surface area contributed by atoms with E-state index in [1.807, 2.05) is 0 Å². The molecule has 0 radical (unpaired) electrons. The van der Waals surface area contributed by atoms with E-state index in [1.54, 1.807) is 20.3 Å². The summed E-state index contributed by atoms with van der Waals surface area (Å²) in [5.74, 6) is 3.08. The van der Waals surface area contributed by atoms with Gasteiger partial charge in [-0.05, 0) is 0 Å². The van der Waals surface area contributed by atoms with Gasteiger partial charge in [0, 0.05) is 20.3 Å². The van der Waals surface area contributed by atoms with Crippen molar-refractivity contribution in [1.29, 1.82) is 0 Å². The highest BCUT2D eigenvalue weighted by Crippen LogP contribution is 2.03. The minimum atomic E-state index is -0.311. The fourth-order valence-electron chi connectivity index (χ4n) is 0.984. The second kappa shape index (κ2) is 5.96. The van der Waals surface area contributed by atoms with Crippen molar-refractivity contribution in [3.63, 3.8) is 0 Å². The van der Waals surface area contributed by atoms with Crippen LogP contribution in [0.4, 0.5) is 5.82 Å². The number of rotatable bonds is 5. The molecule has 1 rings (SSSR count).